The number of fused-ring (bicyclic) bond motifs is 2. The molecule has 3 N–H and O–H groups in total. The minimum atomic E-state index is -1.05. The molecule has 3 unspecified atom stereocenters. The molecule has 106 valence electrons. The van der Waals surface area contributed by atoms with Crippen LogP contribution < -0.4 is 10.6 Å². The van der Waals surface area contributed by atoms with Gasteiger partial charge in [0.05, 0.1) is 17.2 Å². The van der Waals surface area contributed by atoms with Crippen molar-refractivity contribution in [3.8, 4) is 0 Å². The Morgan fingerprint density at radius 3 is 2.75 bits per heavy atom. The van der Waals surface area contributed by atoms with Crippen molar-refractivity contribution in [1.29, 1.82) is 0 Å². The molecule has 2 aliphatic heterocycles. The minimum Gasteiger partial charge on any atom is -0.478 e. The second-order valence-corrected chi connectivity index (χ2v) is 6.20. The number of carboxylic acid groups (broad SMARTS) is 1. The van der Waals surface area contributed by atoms with Crippen molar-refractivity contribution in [2.75, 3.05) is 5.32 Å². The Kier molecular flexibility index (Phi) is 3.52. The number of nitrogens with one attached hydrogen (secondary N) is 2. The summed E-state index contributed by atoms with van der Waals surface area (Å²) in [5.41, 5.74) is 0.441. The van der Waals surface area contributed by atoms with E-state index in [1.165, 1.54) is 6.07 Å². The lowest BCUT2D eigenvalue weighted by Gasteiger charge is -2.20. The minimum absolute atomic E-state index is 0.0671. The molecule has 0 aliphatic carbocycles. The molecule has 1 aromatic rings. The Morgan fingerprint density at radius 1 is 1.35 bits per heavy atom. The Labute approximate surface area is 124 Å². The molecule has 0 radical (unpaired) electrons. The summed E-state index contributed by atoms with van der Waals surface area (Å²) in [6.07, 6.45) is 2.98. The number of hydrogen-bond acceptors (Lipinski definition) is 3. The van der Waals surface area contributed by atoms with Crippen LogP contribution in [-0.4, -0.2) is 29.1 Å². The average Bonchev–Trinajstić information content (AvgIpc) is 3.03. The van der Waals surface area contributed by atoms with Crippen LogP contribution in [0.3, 0.4) is 0 Å². The molecule has 3 atom stereocenters. The SMILES string of the molecule is O=C(O)c1cccc(Br)c1NC(=O)C1CC2CCC1N2. The summed E-state index contributed by atoms with van der Waals surface area (Å²) < 4.78 is 0.585. The number of aromatic carboxylic acids is 1. The average molecular weight is 339 g/mol. The van der Waals surface area contributed by atoms with Crippen molar-refractivity contribution in [2.24, 2.45) is 5.92 Å². The molecule has 2 saturated heterocycles. The predicted molar refractivity (Wildman–Crippen MR) is 77.8 cm³/mol. The first-order chi connectivity index (χ1) is 9.56. The normalized spacial score (nSPS) is 27.6. The van der Waals surface area contributed by atoms with E-state index in [-0.39, 0.29) is 23.4 Å². The molecule has 2 fully saturated rings. The van der Waals surface area contributed by atoms with Gasteiger partial charge in [0.2, 0.25) is 5.91 Å². The Bertz CT molecular complexity index is 576. The number of carbonyl (C=O) groups is 2. The van der Waals surface area contributed by atoms with E-state index in [1.54, 1.807) is 12.1 Å². The van der Waals surface area contributed by atoms with Gasteiger partial charge in [-0.05, 0) is 47.3 Å². The highest BCUT2D eigenvalue weighted by Gasteiger charge is 2.42. The van der Waals surface area contributed by atoms with Gasteiger partial charge in [0.25, 0.3) is 0 Å². The van der Waals surface area contributed by atoms with Gasteiger partial charge in [-0.25, -0.2) is 4.79 Å². The van der Waals surface area contributed by atoms with Crippen molar-refractivity contribution in [3.05, 3.63) is 28.2 Å². The molecule has 0 aromatic heterocycles. The number of hydrogen-bond donors (Lipinski definition) is 3. The van der Waals surface area contributed by atoms with Crippen LogP contribution in [0.5, 0.6) is 0 Å². The zero-order valence-corrected chi connectivity index (χ0v) is 12.3. The quantitative estimate of drug-likeness (QED) is 0.789. The van der Waals surface area contributed by atoms with Gasteiger partial charge in [-0.1, -0.05) is 6.07 Å². The number of amides is 1. The maximum Gasteiger partial charge on any atom is 0.337 e. The number of rotatable bonds is 3. The number of carbonyl (C=O) groups excluding carboxylic acids is 1. The third-order valence-electron chi connectivity index (χ3n) is 4.13. The number of halogens is 1. The summed E-state index contributed by atoms with van der Waals surface area (Å²) in [5.74, 6) is -1.21. The summed E-state index contributed by atoms with van der Waals surface area (Å²) in [7, 11) is 0. The molecule has 6 heteroatoms. The lowest BCUT2D eigenvalue weighted by Crippen LogP contribution is -2.33. The van der Waals surface area contributed by atoms with Crippen LogP contribution in [0.2, 0.25) is 0 Å². The molecule has 1 amide bonds. The standard InChI is InChI=1S/C14H15BrN2O3/c15-10-3-1-2-8(14(19)20)12(10)17-13(18)9-6-7-4-5-11(9)16-7/h1-3,7,9,11,16H,4-6H2,(H,17,18)(H,19,20). The van der Waals surface area contributed by atoms with Gasteiger partial charge < -0.3 is 15.7 Å². The van der Waals surface area contributed by atoms with Gasteiger partial charge in [-0.3, -0.25) is 4.79 Å². The van der Waals surface area contributed by atoms with Gasteiger partial charge in [-0.15, -0.1) is 0 Å². The van der Waals surface area contributed by atoms with E-state index in [0.717, 1.165) is 19.3 Å². The van der Waals surface area contributed by atoms with E-state index in [4.69, 9.17) is 0 Å². The van der Waals surface area contributed by atoms with Crippen molar-refractivity contribution in [1.82, 2.24) is 5.32 Å². The second-order valence-electron chi connectivity index (χ2n) is 5.35. The van der Waals surface area contributed by atoms with Crippen LogP contribution in [0.15, 0.2) is 22.7 Å². The van der Waals surface area contributed by atoms with E-state index >= 15 is 0 Å². The van der Waals surface area contributed by atoms with Crippen molar-refractivity contribution >= 4 is 33.5 Å². The third kappa shape index (κ3) is 2.33. The smallest absolute Gasteiger partial charge is 0.337 e. The Morgan fingerprint density at radius 2 is 2.15 bits per heavy atom. The highest BCUT2D eigenvalue weighted by Crippen LogP contribution is 2.35. The molecule has 1 aromatic carbocycles. The summed E-state index contributed by atoms with van der Waals surface area (Å²) in [4.78, 5) is 23.6. The van der Waals surface area contributed by atoms with Gasteiger partial charge in [0.15, 0.2) is 0 Å². The summed E-state index contributed by atoms with van der Waals surface area (Å²) in [5, 5.41) is 15.4. The fourth-order valence-corrected chi connectivity index (χ4v) is 3.62. The lowest BCUT2D eigenvalue weighted by atomic mass is 9.88. The maximum absolute atomic E-state index is 12.4. The first-order valence-electron chi connectivity index (χ1n) is 6.65. The Balaban J connectivity index is 1.81. The first kappa shape index (κ1) is 13.6. The highest BCUT2D eigenvalue weighted by molar-refractivity contribution is 9.10. The molecular weight excluding hydrogens is 324 g/mol. The number of benzene rings is 1. The highest BCUT2D eigenvalue weighted by atomic mass is 79.9. The summed E-state index contributed by atoms with van der Waals surface area (Å²) >= 11 is 3.30. The summed E-state index contributed by atoms with van der Waals surface area (Å²) in [6.45, 7) is 0. The fourth-order valence-electron chi connectivity index (χ4n) is 3.16. The van der Waals surface area contributed by atoms with Crippen molar-refractivity contribution in [3.63, 3.8) is 0 Å². The van der Waals surface area contributed by atoms with Gasteiger partial charge >= 0.3 is 5.97 Å². The molecule has 5 nitrogen and oxygen atoms in total. The van der Waals surface area contributed by atoms with Crippen LogP contribution >= 0.6 is 15.9 Å². The van der Waals surface area contributed by atoms with E-state index in [9.17, 15) is 14.7 Å². The van der Waals surface area contributed by atoms with E-state index in [0.29, 0.717) is 16.2 Å². The lowest BCUT2D eigenvalue weighted by molar-refractivity contribution is -0.120. The largest absolute Gasteiger partial charge is 0.478 e. The fraction of sp³-hybridized carbons (Fsp3) is 0.429. The van der Waals surface area contributed by atoms with E-state index in [1.807, 2.05) is 0 Å². The molecule has 2 heterocycles. The first-order valence-corrected chi connectivity index (χ1v) is 7.44. The maximum atomic E-state index is 12.4. The van der Waals surface area contributed by atoms with Crippen molar-refractivity contribution < 1.29 is 14.7 Å². The van der Waals surface area contributed by atoms with Gasteiger partial charge in [-0.2, -0.15) is 0 Å². The molecule has 2 bridgehead atoms. The molecule has 2 aliphatic rings. The van der Waals surface area contributed by atoms with Crippen LogP contribution in [0.1, 0.15) is 29.6 Å². The zero-order chi connectivity index (χ0) is 14.3. The van der Waals surface area contributed by atoms with Gasteiger partial charge in [0.1, 0.15) is 0 Å². The van der Waals surface area contributed by atoms with E-state index in [2.05, 4.69) is 26.6 Å². The molecule has 3 rings (SSSR count). The molecular formula is C14H15BrN2O3. The second kappa shape index (κ2) is 5.18. The molecule has 0 spiro atoms. The number of para-hydroxylation sites is 1. The van der Waals surface area contributed by atoms with Crippen LogP contribution in [0.25, 0.3) is 0 Å². The van der Waals surface area contributed by atoms with Crippen LogP contribution in [0, 0.1) is 5.92 Å². The summed E-state index contributed by atoms with van der Waals surface area (Å²) in [6, 6.07) is 5.52. The predicted octanol–water partition coefficient (Wildman–Crippen LogP) is 2.23. The molecule has 0 saturated carbocycles. The Hall–Kier alpha value is -1.40. The topological polar surface area (TPSA) is 78.4 Å². The van der Waals surface area contributed by atoms with Crippen LogP contribution in [0.4, 0.5) is 5.69 Å². The number of anilines is 1. The third-order valence-corrected chi connectivity index (χ3v) is 4.79. The van der Waals surface area contributed by atoms with Crippen molar-refractivity contribution in [2.45, 2.75) is 31.3 Å². The van der Waals surface area contributed by atoms with Crippen LogP contribution in [-0.2, 0) is 4.79 Å². The number of carboxylic acids is 1. The van der Waals surface area contributed by atoms with Gasteiger partial charge in [0, 0.05) is 16.6 Å². The zero-order valence-electron chi connectivity index (χ0n) is 10.7. The van der Waals surface area contributed by atoms with E-state index < -0.39 is 5.97 Å². The monoisotopic (exact) mass is 338 g/mol. The molecule has 20 heavy (non-hydrogen) atoms.